The zero-order valence-electron chi connectivity index (χ0n) is 15.2. The highest BCUT2D eigenvalue weighted by atomic mass is 35.5. The summed E-state index contributed by atoms with van der Waals surface area (Å²) in [5.41, 5.74) is 2.19. The second-order valence-electron chi connectivity index (χ2n) is 6.98. The van der Waals surface area contributed by atoms with Gasteiger partial charge in [0.2, 0.25) is 5.91 Å². The number of hydrogen-bond acceptors (Lipinski definition) is 2. The molecule has 2 aromatic rings. The van der Waals surface area contributed by atoms with E-state index < -0.39 is 0 Å². The van der Waals surface area contributed by atoms with Crippen LogP contribution in [0.4, 0.5) is 5.69 Å². The van der Waals surface area contributed by atoms with E-state index in [1.54, 1.807) is 12.1 Å². The van der Waals surface area contributed by atoms with Crippen LogP contribution in [0.1, 0.15) is 50.5 Å². The fourth-order valence-corrected chi connectivity index (χ4v) is 3.84. The Bertz CT molecular complexity index is 704. The zero-order chi connectivity index (χ0) is 18.4. The van der Waals surface area contributed by atoms with E-state index in [9.17, 15) is 4.79 Å². The molecule has 138 valence electrons. The highest BCUT2D eigenvalue weighted by molar-refractivity contribution is 6.30. The molecule has 1 aliphatic carbocycles. The maximum atomic E-state index is 12.3. The molecule has 0 atom stereocenters. The first kappa shape index (κ1) is 18.8. The number of nitrogens with one attached hydrogen (secondary N) is 1. The van der Waals surface area contributed by atoms with Crippen LogP contribution in [0.3, 0.4) is 0 Å². The quantitative estimate of drug-likeness (QED) is 0.672. The van der Waals surface area contributed by atoms with Gasteiger partial charge in [-0.15, -0.1) is 0 Å². The van der Waals surface area contributed by atoms with E-state index in [2.05, 4.69) is 29.6 Å². The van der Waals surface area contributed by atoms with Crippen LogP contribution in [0.25, 0.3) is 0 Å². The second kappa shape index (κ2) is 9.09. The minimum atomic E-state index is 0.0943. The second-order valence-corrected chi connectivity index (χ2v) is 7.42. The number of amides is 1. The third kappa shape index (κ3) is 5.25. The van der Waals surface area contributed by atoms with Crippen molar-refractivity contribution in [3.05, 3.63) is 59.1 Å². The van der Waals surface area contributed by atoms with Crippen LogP contribution < -0.4 is 10.1 Å². The van der Waals surface area contributed by atoms with Crippen LogP contribution in [0, 0.1) is 5.92 Å². The van der Waals surface area contributed by atoms with Crippen molar-refractivity contribution in [3.8, 4) is 5.75 Å². The van der Waals surface area contributed by atoms with Gasteiger partial charge in [0.05, 0.1) is 6.61 Å². The van der Waals surface area contributed by atoms with E-state index in [-0.39, 0.29) is 5.91 Å². The van der Waals surface area contributed by atoms with E-state index in [1.165, 1.54) is 5.56 Å². The lowest BCUT2D eigenvalue weighted by atomic mass is 9.77. The molecule has 1 aliphatic rings. The summed E-state index contributed by atoms with van der Waals surface area (Å²) in [6.45, 7) is 2.70. The number of hydrogen-bond donors (Lipinski definition) is 1. The topological polar surface area (TPSA) is 38.3 Å². The van der Waals surface area contributed by atoms with E-state index in [1.807, 2.05) is 19.1 Å². The first-order valence-electron chi connectivity index (χ1n) is 9.42. The minimum Gasteiger partial charge on any atom is -0.494 e. The summed E-state index contributed by atoms with van der Waals surface area (Å²) in [6, 6.07) is 15.7. The largest absolute Gasteiger partial charge is 0.494 e. The van der Waals surface area contributed by atoms with Crippen LogP contribution in [-0.4, -0.2) is 12.5 Å². The summed E-state index contributed by atoms with van der Waals surface area (Å²) in [7, 11) is 0. The van der Waals surface area contributed by atoms with E-state index >= 15 is 0 Å². The lowest BCUT2D eigenvalue weighted by molar-refractivity contribution is -0.117. The number of ether oxygens (including phenoxy) is 1. The summed E-state index contributed by atoms with van der Waals surface area (Å²) in [5.74, 6) is 2.10. The molecule has 1 saturated carbocycles. The molecule has 4 heteroatoms. The average molecular weight is 372 g/mol. The first-order chi connectivity index (χ1) is 12.6. The Hall–Kier alpha value is -2.00. The van der Waals surface area contributed by atoms with Crippen LogP contribution >= 0.6 is 11.6 Å². The van der Waals surface area contributed by atoms with Gasteiger partial charge in [0.1, 0.15) is 5.75 Å². The van der Waals surface area contributed by atoms with Gasteiger partial charge in [-0.2, -0.15) is 0 Å². The number of carbonyl (C=O) groups is 1. The van der Waals surface area contributed by atoms with Crippen LogP contribution in [0.2, 0.25) is 5.02 Å². The van der Waals surface area contributed by atoms with Crippen molar-refractivity contribution in [2.45, 2.75) is 44.9 Å². The van der Waals surface area contributed by atoms with Crippen molar-refractivity contribution < 1.29 is 9.53 Å². The van der Waals surface area contributed by atoms with Crippen molar-refractivity contribution in [2.24, 2.45) is 5.92 Å². The zero-order valence-corrected chi connectivity index (χ0v) is 16.0. The van der Waals surface area contributed by atoms with Gasteiger partial charge in [-0.25, -0.2) is 0 Å². The fourth-order valence-electron chi connectivity index (χ4n) is 3.71. The molecule has 0 unspecified atom stereocenters. The van der Waals surface area contributed by atoms with Crippen molar-refractivity contribution in [2.75, 3.05) is 11.9 Å². The third-order valence-corrected chi connectivity index (χ3v) is 5.36. The fraction of sp³-hybridized carbons (Fsp3) is 0.409. The maximum Gasteiger partial charge on any atom is 0.224 e. The monoisotopic (exact) mass is 371 g/mol. The van der Waals surface area contributed by atoms with E-state index in [4.69, 9.17) is 16.3 Å². The Kier molecular flexibility index (Phi) is 6.56. The molecule has 0 radical (unpaired) electrons. The van der Waals surface area contributed by atoms with Gasteiger partial charge in [-0.1, -0.05) is 23.7 Å². The van der Waals surface area contributed by atoms with Crippen molar-refractivity contribution in [1.82, 2.24) is 0 Å². The molecule has 3 nitrogen and oxygen atoms in total. The maximum absolute atomic E-state index is 12.3. The Morgan fingerprint density at radius 2 is 1.69 bits per heavy atom. The summed E-state index contributed by atoms with van der Waals surface area (Å²) < 4.78 is 5.51. The van der Waals surface area contributed by atoms with Crippen molar-refractivity contribution >= 4 is 23.2 Å². The standard InChI is InChI=1S/C22H26ClNO2/c1-2-26-21-13-7-18(8-14-21)17-5-3-16(4-6-17)15-22(25)24-20-11-9-19(23)10-12-20/h7-14,16-17H,2-6,15H2,1H3,(H,24,25)/t16-,17+. The molecule has 0 heterocycles. The minimum absolute atomic E-state index is 0.0943. The first-order valence-corrected chi connectivity index (χ1v) is 9.80. The molecule has 1 fully saturated rings. The van der Waals surface area contributed by atoms with E-state index in [0.29, 0.717) is 29.9 Å². The predicted molar refractivity (Wildman–Crippen MR) is 107 cm³/mol. The lowest BCUT2D eigenvalue weighted by Gasteiger charge is -2.28. The van der Waals surface area contributed by atoms with Crippen LogP contribution in [0.15, 0.2) is 48.5 Å². The van der Waals surface area contributed by atoms with Gasteiger partial charge in [0, 0.05) is 17.1 Å². The summed E-state index contributed by atoms with van der Waals surface area (Å²) >= 11 is 5.87. The predicted octanol–water partition coefficient (Wildman–Crippen LogP) is 6.04. The highest BCUT2D eigenvalue weighted by Crippen LogP contribution is 2.37. The van der Waals surface area contributed by atoms with Crippen LogP contribution in [-0.2, 0) is 4.79 Å². The Morgan fingerprint density at radius 1 is 1.04 bits per heavy atom. The molecule has 0 aromatic heterocycles. The number of rotatable bonds is 6. The normalized spacial score (nSPS) is 19.8. The molecule has 1 amide bonds. The Labute approximate surface area is 160 Å². The van der Waals surface area contributed by atoms with Gasteiger partial charge >= 0.3 is 0 Å². The lowest BCUT2D eigenvalue weighted by Crippen LogP contribution is -2.20. The Balaban J connectivity index is 1.45. The summed E-state index contributed by atoms with van der Waals surface area (Å²) in [6.07, 6.45) is 5.09. The molecule has 26 heavy (non-hydrogen) atoms. The molecular formula is C22H26ClNO2. The molecule has 0 spiro atoms. The number of halogens is 1. The molecule has 2 aromatic carbocycles. The van der Waals surface area contributed by atoms with Gasteiger partial charge in [0.25, 0.3) is 0 Å². The smallest absolute Gasteiger partial charge is 0.224 e. The molecule has 3 rings (SSSR count). The molecule has 0 aliphatic heterocycles. The third-order valence-electron chi connectivity index (χ3n) is 5.11. The van der Waals surface area contributed by atoms with Gasteiger partial charge < -0.3 is 10.1 Å². The number of carbonyl (C=O) groups excluding carboxylic acids is 1. The number of anilines is 1. The van der Waals surface area contributed by atoms with Crippen molar-refractivity contribution in [1.29, 1.82) is 0 Å². The van der Waals surface area contributed by atoms with Crippen molar-refractivity contribution in [3.63, 3.8) is 0 Å². The molecule has 0 saturated heterocycles. The highest BCUT2D eigenvalue weighted by Gasteiger charge is 2.24. The van der Waals surface area contributed by atoms with Gasteiger partial charge in [-0.3, -0.25) is 4.79 Å². The van der Waals surface area contributed by atoms with Gasteiger partial charge in [0.15, 0.2) is 0 Å². The van der Waals surface area contributed by atoms with E-state index in [0.717, 1.165) is 37.1 Å². The number of benzene rings is 2. The molecule has 0 bridgehead atoms. The molecular weight excluding hydrogens is 346 g/mol. The molecule has 1 N–H and O–H groups in total. The summed E-state index contributed by atoms with van der Waals surface area (Å²) in [5, 5.41) is 3.64. The summed E-state index contributed by atoms with van der Waals surface area (Å²) in [4.78, 5) is 12.3. The Morgan fingerprint density at radius 3 is 2.31 bits per heavy atom. The van der Waals surface area contributed by atoms with Crippen LogP contribution in [0.5, 0.6) is 5.75 Å². The SMILES string of the molecule is CCOc1ccc([C@H]2CC[C@@H](CC(=O)Nc3ccc(Cl)cc3)CC2)cc1. The van der Waals surface area contributed by atoms with Gasteiger partial charge in [-0.05, 0) is 86.4 Å². The average Bonchev–Trinajstić information content (AvgIpc) is 2.65.